The van der Waals surface area contributed by atoms with Crippen LogP contribution in [0.1, 0.15) is 32.0 Å². The number of anilines is 1. The van der Waals surface area contributed by atoms with Crippen molar-refractivity contribution in [2.75, 3.05) is 19.0 Å². The molecule has 0 spiro atoms. The summed E-state index contributed by atoms with van der Waals surface area (Å²) < 4.78 is 15.5. The summed E-state index contributed by atoms with van der Waals surface area (Å²) in [5, 5.41) is 10.3. The normalized spacial score (nSPS) is 11.5. The van der Waals surface area contributed by atoms with Gasteiger partial charge in [-0.25, -0.2) is 9.37 Å². The van der Waals surface area contributed by atoms with Gasteiger partial charge in [0.05, 0.1) is 35.1 Å². The first-order valence-electron chi connectivity index (χ1n) is 11.4. The van der Waals surface area contributed by atoms with Gasteiger partial charge in [0.15, 0.2) is 0 Å². The molecule has 0 saturated carbocycles. The molecule has 0 bridgehead atoms. The second-order valence-electron chi connectivity index (χ2n) is 9.65. The molecule has 0 saturated heterocycles. The molecular formula is C27H30FN5OS. The average Bonchev–Trinajstić information content (AvgIpc) is 3.45. The standard InChI is InChI=1S/C27H30FN5OS/c1-27(2,3)33-25(19-8-10-20(28)11-9-19)23(16-30-33)26-31-21(17-35-26)14-24(34)29-15-18-6-12-22(13-7-18)32(4)5/h6-13,16-17H,14-15H2,1-5H3,(H,29,34). The lowest BCUT2D eigenvalue weighted by molar-refractivity contribution is -0.120. The van der Waals surface area contributed by atoms with Crippen molar-refractivity contribution in [2.45, 2.75) is 39.3 Å². The van der Waals surface area contributed by atoms with Crippen LogP contribution in [-0.2, 0) is 23.3 Å². The SMILES string of the molecule is CN(C)c1ccc(CNC(=O)Cc2csc(-c3cnn(C(C)(C)C)c3-c3ccc(F)cc3)n2)cc1. The summed E-state index contributed by atoms with van der Waals surface area (Å²) in [4.78, 5) is 19.3. The molecule has 2 aromatic heterocycles. The molecule has 0 aliphatic carbocycles. The van der Waals surface area contributed by atoms with Gasteiger partial charge in [0.25, 0.3) is 0 Å². The van der Waals surface area contributed by atoms with E-state index < -0.39 is 0 Å². The Balaban J connectivity index is 1.50. The number of thiazole rings is 1. The van der Waals surface area contributed by atoms with Gasteiger partial charge in [-0.05, 0) is 62.7 Å². The van der Waals surface area contributed by atoms with Crippen LogP contribution in [0.25, 0.3) is 21.8 Å². The number of carbonyl (C=O) groups is 1. The smallest absolute Gasteiger partial charge is 0.226 e. The Bertz CT molecular complexity index is 1300. The van der Waals surface area contributed by atoms with Crippen molar-refractivity contribution in [3.8, 4) is 21.8 Å². The van der Waals surface area contributed by atoms with Gasteiger partial charge >= 0.3 is 0 Å². The molecule has 8 heteroatoms. The zero-order chi connectivity index (χ0) is 25.2. The molecule has 4 aromatic rings. The summed E-state index contributed by atoms with van der Waals surface area (Å²) in [6, 6.07) is 14.5. The quantitative estimate of drug-likeness (QED) is 0.371. The maximum Gasteiger partial charge on any atom is 0.226 e. The van der Waals surface area contributed by atoms with Crippen LogP contribution in [0.2, 0.25) is 0 Å². The first-order chi connectivity index (χ1) is 16.6. The zero-order valence-corrected chi connectivity index (χ0v) is 21.5. The van der Waals surface area contributed by atoms with Crippen molar-refractivity contribution < 1.29 is 9.18 Å². The van der Waals surface area contributed by atoms with Crippen LogP contribution in [0.3, 0.4) is 0 Å². The van der Waals surface area contributed by atoms with Gasteiger partial charge in [-0.2, -0.15) is 5.10 Å². The number of amides is 1. The van der Waals surface area contributed by atoms with Crippen LogP contribution >= 0.6 is 11.3 Å². The third-order valence-electron chi connectivity index (χ3n) is 5.59. The van der Waals surface area contributed by atoms with Crippen LogP contribution in [0.15, 0.2) is 60.1 Å². The number of nitrogens with zero attached hydrogens (tertiary/aromatic N) is 4. The molecule has 2 aromatic carbocycles. The van der Waals surface area contributed by atoms with Crippen LogP contribution in [-0.4, -0.2) is 34.8 Å². The van der Waals surface area contributed by atoms with Crippen molar-refractivity contribution in [3.63, 3.8) is 0 Å². The number of benzene rings is 2. The summed E-state index contributed by atoms with van der Waals surface area (Å²) >= 11 is 1.48. The number of nitrogens with one attached hydrogen (secondary N) is 1. The number of aromatic nitrogens is 3. The lowest BCUT2D eigenvalue weighted by atomic mass is 10.0. The minimum absolute atomic E-state index is 0.0809. The third-order valence-corrected chi connectivity index (χ3v) is 6.51. The van der Waals surface area contributed by atoms with E-state index in [1.54, 1.807) is 18.3 Å². The molecule has 0 aliphatic rings. The fourth-order valence-corrected chi connectivity index (χ4v) is 4.58. The Morgan fingerprint density at radius 2 is 1.77 bits per heavy atom. The van der Waals surface area contributed by atoms with Gasteiger partial charge in [-0.15, -0.1) is 11.3 Å². The van der Waals surface area contributed by atoms with Gasteiger partial charge in [0.2, 0.25) is 5.91 Å². The molecule has 0 unspecified atom stereocenters. The fourth-order valence-electron chi connectivity index (χ4n) is 3.75. The second-order valence-corrected chi connectivity index (χ2v) is 10.5. The van der Waals surface area contributed by atoms with E-state index in [9.17, 15) is 9.18 Å². The molecule has 4 rings (SSSR count). The monoisotopic (exact) mass is 491 g/mol. The lowest BCUT2D eigenvalue weighted by Gasteiger charge is -2.23. The molecule has 182 valence electrons. The van der Waals surface area contributed by atoms with Crippen LogP contribution in [0, 0.1) is 5.82 Å². The van der Waals surface area contributed by atoms with E-state index in [2.05, 4.69) is 31.2 Å². The Morgan fingerprint density at radius 3 is 2.40 bits per heavy atom. The number of hydrogen-bond donors (Lipinski definition) is 1. The highest BCUT2D eigenvalue weighted by atomic mass is 32.1. The minimum atomic E-state index is -0.284. The molecule has 2 heterocycles. The Labute approximate surface area is 209 Å². The van der Waals surface area contributed by atoms with Crippen molar-refractivity contribution in [3.05, 3.63) is 77.2 Å². The third kappa shape index (κ3) is 5.77. The van der Waals surface area contributed by atoms with Crippen LogP contribution in [0.5, 0.6) is 0 Å². The molecule has 0 radical (unpaired) electrons. The van der Waals surface area contributed by atoms with Crippen molar-refractivity contribution >= 4 is 22.9 Å². The Hall–Kier alpha value is -3.52. The highest BCUT2D eigenvalue weighted by Gasteiger charge is 2.24. The molecule has 1 N–H and O–H groups in total. The first kappa shape index (κ1) is 24.6. The summed E-state index contributed by atoms with van der Waals surface area (Å²) in [5.41, 5.74) is 5.20. The van der Waals surface area contributed by atoms with Gasteiger partial charge in [-0.1, -0.05) is 12.1 Å². The van der Waals surface area contributed by atoms with Crippen LogP contribution in [0.4, 0.5) is 10.1 Å². The van der Waals surface area contributed by atoms with E-state index in [0.717, 1.165) is 33.1 Å². The predicted octanol–water partition coefficient (Wildman–Crippen LogP) is 5.49. The molecule has 1 amide bonds. The van der Waals surface area contributed by atoms with Gasteiger partial charge in [0, 0.05) is 37.3 Å². The first-order valence-corrected chi connectivity index (χ1v) is 12.3. The van der Waals surface area contributed by atoms with E-state index in [4.69, 9.17) is 4.98 Å². The Kier molecular flexibility index (Phi) is 7.03. The average molecular weight is 492 g/mol. The lowest BCUT2D eigenvalue weighted by Crippen LogP contribution is -2.24. The summed E-state index contributed by atoms with van der Waals surface area (Å²) in [7, 11) is 3.99. The largest absolute Gasteiger partial charge is 0.378 e. The molecule has 35 heavy (non-hydrogen) atoms. The molecule has 6 nitrogen and oxygen atoms in total. The van der Waals surface area contributed by atoms with Gasteiger partial charge in [0.1, 0.15) is 10.8 Å². The highest BCUT2D eigenvalue weighted by Crippen LogP contribution is 2.36. The molecule has 0 aliphatic heterocycles. The summed E-state index contributed by atoms with van der Waals surface area (Å²) in [5.74, 6) is -0.365. The van der Waals surface area contributed by atoms with Gasteiger partial charge < -0.3 is 10.2 Å². The fraction of sp³-hybridized carbons (Fsp3) is 0.296. The van der Waals surface area contributed by atoms with Crippen LogP contribution < -0.4 is 10.2 Å². The van der Waals surface area contributed by atoms with E-state index in [0.29, 0.717) is 12.2 Å². The zero-order valence-electron chi connectivity index (χ0n) is 20.7. The van der Waals surface area contributed by atoms with E-state index in [1.165, 1.54) is 23.5 Å². The van der Waals surface area contributed by atoms with Gasteiger partial charge in [-0.3, -0.25) is 9.48 Å². The maximum absolute atomic E-state index is 13.6. The van der Waals surface area contributed by atoms with Crippen molar-refractivity contribution in [1.29, 1.82) is 0 Å². The minimum Gasteiger partial charge on any atom is -0.378 e. The predicted molar refractivity (Wildman–Crippen MR) is 140 cm³/mol. The molecule has 0 fully saturated rings. The maximum atomic E-state index is 13.6. The molecular weight excluding hydrogens is 461 g/mol. The van der Waals surface area contributed by atoms with E-state index >= 15 is 0 Å². The molecule has 0 atom stereocenters. The number of hydrogen-bond acceptors (Lipinski definition) is 5. The summed E-state index contributed by atoms with van der Waals surface area (Å²) in [6.45, 7) is 6.68. The van der Waals surface area contributed by atoms with E-state index in [1.807, 2.05) is 53.3 Å². The number of rotatable bonds is 7. The highest BCUT2D eigenvalue weighted by molar-refractivity contribution is 7.13. The van der Waals surface area contributed by atoms with Crippen molar-refractivity contribution in [1.82, 2.24) is 20.1 Å². The number of carbonyl (C=O) groups excluding carboxylic acids is 1. The van der Waals surface area contributed by atoms with E-state index in [-0.39, 0.29) is 23.7 Å². The van der Waals surface area contributed by atoms with Crippen molar-refractivity contribution in [2.24, 2.45) is 0 Å². The second kappa shape index (κ2) is 10.00. The number of halogens is 1. The Morgan fingerprint density at radius 1 is 1.09 bits per heavy atom. The topological polar surface area (TPSA) is 63.1 Å². The summed E-state index contributed by atoms with van der Waals surface area (Å²) in [6.07, 6.45) is 2.00.